The van der Waals surface area contributed by atoms with Gasteiger partial charge in [-0.15, -0.1) is 0 Å². The van der Waals surface area contributed by atoms with Gasteiger partial charge < -0.3 is 5.32 Å². The van der Waals surface area contributed by atoms with Crippen LogP contribution in [0.1, 0.15) is 24.5 Å². The Bertz CT molecular complexity index is 508. The highest BCUT2D eigenvalue weighted by Gasteiger charge is 2.35. The topological polar surface area (TPSA) is 35.8 Å². The standard InChI is InChI=1S/C13H13F3N2S/c1-8-4-10(7-19-8)18-12-3-2-9(6-17)5-11(12)13(14,15)16/h2-3,5,8,10,18H,4,7H2,1H3. The molecule has 1 aromatic rings. The first-order valence-electron chi connectivity index (χ1n) is 5.89. The highest BCUT2D eigenvalue weighted by molar-refractivity contribution is 8.00. The van der Waals surface area contributed by atoms with Crippen molar-refractivity contribution in [3.05, 3.63) is 29.3 Å². The zero-order valence-electron chi connectivity index (χ0n) is 10.3. The highest BCUT2D eigenvalue weighted by atomic mass is 32.2. The van der Waals surface area contributed by atoms with E-state index in [1.165, 1.54) is 12.1 Å². The van der Waals surface area contributed by atoms with Crippen molar-refractivity contribution in [3.63, 3.8) is 0 Å². The first kappa shape index (κ1) is 14.1. The third-order valence-electron chi connectivity index (χ3n) is 3.01. The quantitative estimate of drug-likeness (QED) is 0.896. The lowest BCUT2D eigenvalue weighted by Gasteiger charge is -2.18. The minimum atomic E-state index is -4.45. The van der Waals surface area contributed by atoms with Gasteiger partial charge in [-0.25, -0.2) is 0 Å². The number of alkyl halides is 3. The molecule has 1 fully saturated rings. The van der Waals surface area contributed by atoms with Crippen LogP contribution in [0.5, 0.6) is 0 Å². The van der Waals surface area contributed by atoms with Gasteiger partial charge in [0.1, 0.15) is 0 Å². The van der Waals surface area contributed by atoms with Gasteiger partial charge >= 0.3 is 6.18 Å². The lowest BCUT2D eigenvalue weighted by molar-refractivity contribution is -0.137. The summed E-state index contributed by atoms with van der Waals surface area (Å²) in [5.41, 5.74) is -0.686. The summed E-state index contributed by atoms with van der Waals surface area (Å²) in [5.74, 6) is 0.804. The molecule has 0 aromatic heterocycles. The number of thioether (sulfide) groups is 1. The van der Waals surface area contributed by atoms with Gasteiger partial charge in [-0.1, -0.05) is 6.92 Å². The number of anilines is 1. The number of benzene rings is 1. The molecular formula is C13H13F3N2S. The Morgan fingerprint density at radius 3 is 2.68 bits per heavy atom. The fourth-order valence-corrected chi connectivity index (χ4v) is 3.26. The number of halogens is 3. The molecule has 0 radical (unpaired) electrons. The van der Waals surface area contributed by atoms with Gasteiger partial charge in [0.2, 0.25) is 0 Å². The summed E-state index contributed by atoms with van der Waals surface area (Å²) in [6, 6.07) is 5.43. The van der Waals surface area contributed by atoms with Crippen LogP contribution in [-0.4, -0.2) is 17.0 Å². The van der Waals surface area contributed by atoms with E-state index in [1.54, 1.807) is 17.8 Å². The Morgan fingerprint density at radius 1 is 1.42 bits per heavy atom. The van der Waals surface area contributed by atoms with Crippen LogP contribution in [0.3, 0.4) is 0 Å². The zero-order chi connectivity index (χ0) is 14.0. The summed E-state index contributed by atoms with van der Waals surface area (Å²) < 4.78 is 38.9. The number of nitrogens with one attached hydrogen (secondary N) is 1. The Labute approximate surface area is 114 Å². The molecule has 1 aliphatic heterocycles. The SMILES string of the molecule is CC1CC(Nc2ccc(C#N)cc2C(F)(F)F)CS1. The summed E-state index contributed by atoms with van der Waals surface area (Å²) in [5, 5.41) is 12.1. The Morgan fingerprint density at radius 2 is 2.16 bits per heavy atom. The molecule has 2 unspecified atom stereocenters. The molecular weight excluding hydrogens is 273 g/mol. The van der Waals surface area contributed by atoms with Crippen molar-refractivity contribution in [1.82, 2.24) is 0 Å². The molecule has 1 aromatic carbocycles. The van der Waals surface area contributed by atoms with E-state index in [1.807, 2.05) is 0 Å². The second-order valence-corrected chi connectivity index (χ2v) is 6.06. The third kappa shape index (κ3) is 3.35. The molecule has 1 N–H and O–H groups in total. The molecule has 6 heteroatoms. The summed E-state index contributed by atoms with van der Waals surface area (Å²) in [7, 11) is 0. The van der Waals surface area contributed by atoms with E-state index >= 15 is 0 Å². The van der Waals surface area contributed by atoms with Gasteiger partial charge in [-0.3, -0.25) is 0 Å². The average molecular weight is 286 g/mol. The zero-order valence-corrected chi connectivity index (χ0v) is 11.1. The molecule has 19 heavy (non-hydrogen) atoms. The summed E-state index contributed by atoms with van der Waals surface area (Å²) in [4.78, 5) is 0. The molecule has 0 amide bonds. The van der Waals surface area contributed by atoms with Crippen LogP contribution in [0.25, 0.3) is 0 Å². The lowest BCUT2D eigenvalue weighted by Crippen LogP contribution is -2.21. The van der Waals surface area contributed by atoms with Gasteiger partial charge in [0.05, 0.1) is 17.2 Å². The van der Waals surface area contributed by atoms with Crippen molar-refractivity contribution in [2.75, 3.05) is 11.1 Å². The van der Waals surface area contributed by atoms with Crippen molar-refractivity contribution in [2.24, 2.45) is 0 Å². The fraction of sp³-hybridized carbons (Fsp3) is 0.462. The molecule has 0 spiro atoms. The van der Waals surface area contributed by atoms with Crippen LogP contribution in [-0.2, 0) is 6.18 Å². The fourth-order valence-electron chi connectivity index (χ4n) is 2.11. The smallest absolute Gasteiger partial charge is 0.381 e. The normalized spacial score (nSPS) is 23.1. The molecule has 2 atom stereocenters. The molecule has 1 heterocycles. The largest absolute Gasteiger partial charge is 0.418 e. The van der Waals surface area contributed by atoms with E-state index in [2.05, 4.69) is 12.2 Å². The summed E-state index contributed by atoms with van der Waals surface area (Å²) in [6.45, 7) is 2.07. The second-order valence-electron chi connectivity index (χ2n) is 4.59. The van der Waals surface area contributed by atoms with Gasteiger partial charge in [0.25, 0.3) is 0 Å². The Kier molecular flexibility index (Phi) is 3.95. The van der Waals surface area contributed by atoms with Crippen LogP contribution in [0, 0.1) is 11.3 Å². The van der Waals surface area contributed by atoms with E-state index in [0.29, 0.717) is 5.25 Å². The molecule has 102 valence electrons. The molecule has 1 saturated heterocycles. The van der Waals surface area contributed by atoms with Crippen LogP contribution in [0.2, 0.25) is 0 Å². The van der Waals surface area contributed by atoms with Gasteiger partial charge in [-0.05, 0) is 24.6 Å². The monoisotopic (exact) mass is 286 g/mol. The maximum atomic E-state index is 13.0. The number of nitrogens with zero attached hydrogens (tertiary/aromatic N) is 1. The third-order valence-corrected chi connectivity index (χ3v) is 4.37. The van der Waals surface area contributed by atoms with E-state index in [-0.39, 0.29) is 17.3 Å². The summed E-state index contributed by atoms with van der Waals surface area (Å²) >= 11 is 1.75. The van der Waals surface area contributed by atoms with Crippen LogP contribution < -0.4 is 5.32 Å². The minimum absolute atomic E-state index is 0.0204. The first-order chi connectivity index (χ1) is 8.90. The van der Waals surface area contributed by atoms with Gasteiger partial charge in [-0.2, -0.15) is 30.2 Å². The van der Waals surface area contributed by atoms with E-state index in [0.717, 1.165) is 18.2 Å². The molecule has 2 nitrogen and oxygen atoms in total. The summed E-state index contributed by atoms with van der Waals surface area (Å²) in [6.07, 6.45) is -3.60. The Hall–Kier alpha value is -1.35. The van der Waals surface area contributed by atoms with Crippen molar-refractivity contribution in [3.8, 4) is 6.07 Å². The van der Waals surface area contributed by atoms with Crippen LogP contribution >= 0.6 is 11.8 Å². The maximum absolute atomic E-state index is 13.0. The molecule has 2 rings (SSSR count). The van der Waals surface area contributed by atoms with Crippen molar-refractivity contribution in [2.45, 2.75) is 30.8 Å². The lowest BCUT2D eigenvalue weighted by atomic mass is 10.1. The molecule has 0 aliphatic carbocycles. The Balaban J connectivity index is 2.27. The number of hydrogen-bond donors (Lipinski definition) is 1. The number of nitriles is 1. The molecule has 1 aliphatic rings. The van der Waals surface area contributed by atoms with Crippen molar-refractivity contribution < 1.29 is 13.2 Å². The van der Waals surface area contributed by atoms with Crippen LogP contribution in [0.4, 0.5) is 18.9 Å². The second kappa shape index (κ2) is 5.33. The van der Waals surface area contributed by atoms with Crippen molar-refractivity contribution >= 4 is 17.4 Å². The number of hydrogen-bond acceptors (Lipinski definition) is 3. The predicted molar refractivity (Wildman–Crippen MR) is 70.1 cm³/mol. The molecule has 0 bridgehead atoms. The van der Waals surface area contributed by atoms with E-state index < -0.39 is 11.7 Å². The molecule has 0 saturated carbocycles. The predicted octanol–water partition coefficient (Wildman–Crippen LogP) is 3.88. The van der Waals surface area contributed by atoms with Gasteiger partial charge in [0.15, 0.2) is 0 Å². The van der Waals surface area contributed by atoms with Crippen LogP contribution in [0.15, 0.2) is 18.2 Å². The van der Waals surface area contributed by atoms with E-state index in [9.17, 15) is 13.2 Å². The van der Waals surface area contributed by atoms with Crippen molar-refractivity contribution in [1.29, 1.82) is 5.26 Å². The highest BCUT2D eigenvalue weighted by Crippen LogP contribution is 2.37. The maximum Gasteiger partial charge on any atom is 0.418 e. The van der Waals surface area contributed by atoms with Gasteiger partial charge in [0, 0.05) is 22.7 Å². The number of rotatable bonds is 2. The first-order valence-corrected chi connectivity index (χ1v) is 6.94. The average Bonchev–Trinajstić information content (AvgIpc) is 2.74. The minimum Gasteiger partial charge on any atom is -0.381 e. The van der Waals surface area contributed by atoms with E-state index in [4.69, 9.17) is 5.26 Å².